The number of carboxylic acid groups (broad SMARTS) is 1. The molecule has 0 heterocycles. The molecule has 0 aliphatic carbocycles. The zero-order valence-electron chi connectivity index (χ0n) is 13.6. The van der Waals surface area contributed by atoms with Crippen LogP contribution < -0.4 is 5.32 Å². The van der Waals surface area contributed by atoms with E-state index < -0.39 is 23.7 Å². The van der Waals surface area contributed by atoms with Crippen molar-refractivity contribution in [3.63, 3.8) is 0 Å². The van der Waals surface area contributed by atoms with E-state index >= 15 is 0 Å². The maximum Gasteiger partial charge on any atom is 0.408 e. The number of rotatable bonds is 6. The van der Waals surface area contributed by atoms with Gasteiger partial charge in [0.05, 0.1) is 0 Å². The van der Waals surface area contributed by atoms with Crippen LogP contribution in [0.25, 0.3) is 0 Å². The third kappa shape index (κ3) is 7.26. The number of nitrogens with one attached hydrogen (secondary N) is 1. The van der Waals surface area contributed by atoms with E-state index in [1.54, 1.807) is 27.7 Å². The van der Waals surface area contributed by atoms with Gasteiger partial charge in [-0.05, 0) is 32.4 Å². The van der Waals surface area contributed by atoms with Gasteiger partial charge >= 0.3 is 12.1 Å². The molecule has 0 saturated heterocycles. The topological polar surface area (TPSA) is 75.6 Å². The van der Waals surface area contributed by atoms with Gasteiger partial charge in [-0.1, -0.05) is 41.1 Å². The van der Waals surface area contributed by atoms with E-state index in [0.29, 0.717) is 5.75 Å². The van der Waals surface area contributed by atoms with E-state index in [1.165, 1.54) is 11.8 Å². The monoisotopic (exact) mass is 403 g/mol. The average molecular weight is 404 g/mol. The summed E-state index contributed by atoms with van der Waals surface area (Å²) in [5.74, 6) is -0.439. The third-order valence-electron chi connectivity index (χ3n) is 2.87. The molecule has 0 radical (unpaired) electrons. The number of thioether (sulfide) groups is 1. The Kier molecular flexibility index (Phi) is 7.41. The molecule has 2 atom stereocenters. The van der Waals surface area contributed by atoms with E-state index in [9.17, 15) is 14.7 Å². The van der Waals surface area contributed by atoms with E-state index in [0.717, 1.165) is 10.0 Å². The minimum absolute atomic E-state index is 0.313. The van der Waals surface area contributed by atoms with Crippen LogP contribution >= 0.6 is 27.7 Å². The normalized spacial score (nSPS) is 14.0. The van der Waals surface area contributed by atoms with Gasteiger partial charge in [0.15, 0.2) is 0 Å². The highest BCUT2D eigenvalue weighted by atomic mass is 79.9. The second-order valence-electron chi connectivity index (χ2n) is 6.07. The summed E-state index contributed by atoms with van der Waals surface area (Å²) in [4.78, 5) is 23.2. The maximum absolute atomic E-state index is 11.8. The van der Waals surface area contributed by atoms with Crippen LogP contribution in [-0.2, 0) is 15.3 Å². The summed E-state index contributed by atoms with van der Waals surface area (Å²) in [7, 11) is 0. The van der Waals surface area contributed by atoms with Crippen LogP contribution in [0.1, 0.15) is 33.3 Å². The highest BCUT2D eigenvalue weighted by Gasteiger charge is 2.29. The van der Waals surface area contributed by atoms with E-state index in [4.69, 9.17) is 4.74 Å². The van der Waals surface area contributed by atoms with E-state index in [-0.39, 0.29) is 5.25 Å². The SMILES string of the molecule is CC(SCc1ccccc1Br)[C@H](NC(=O)OC(C)(C)C)C(=O)O. The van der Waals surface area contributed by atoms with E-state index in [1.807, 2.05) is 24.3 Å². The second kappa shape index (κ2) is 8.59. The van der Waals surface area contributed by atoms with Crippen molar-refractivity contribution in [2.24, 2.45) is 0 Å². The summed E-state index contributed by atoms with van der Waals surface area (Å²) < 4.78 is 6.10. The summed E-state index contributed by atoms with van der Waals surface area (Å²) in [6.45, 7) is 6.96. The Morgan fingerprint density at radius 3 is 2.48 bits per heavy atom. The second-order valence-corrected chi connectivity index (χ2v) is 8.29. The fourth-order valence-corrected chi connectivity index (χ4v) is 3.43. The Morgan fingerprint density at radius 1 is 1.35 bits per heavy atom. The molecule has 0 aromatic heterocycles. The van der Waals surface area contributed by atoms with E-state index in [2.05, 4.69) is 21.2 Å². The molecule has 0 saturated carbocycles. The maximum atomic E-state index is 11.8. The first kappa shape index (κ1) is 19.8. The predicted octanol–water partition coefficient (Wildman–Crippen LogP) is 4.05. The van der Waals surface area contributed by atoms with Gasteiger partial charge in [-0.15, -0.1) is 0 Å². The van der Waals surface area contributed by atoms with Crippen LogP contribution in [0.2, 0.25) is 0 Å². The fourth-order valence-electron chi connectivity index (χ4n) is 1.75. The number of halogens is 1. The van der Waals surface area contributed by atoms with Crippen LogP contribution in [0, 0.1) is 0 Å². The molecule has 1 aromatic rings. The number of ether oxygens (including phenoxy) is 1. The molecule has 1 rings (SSSR count). The Balaban J connectivity index is 2.64. The number of carbonyl (C=O) groups is 2. The number of alkyl carbamates (subject to hydrolysis) is 1. The Hall–Kier alpha value is -1.21. The summed E-state index contributed by atoms with van der Waals surface area (Å²) >= 11 is 4.93. The number of hydrogen-bond acceptors (Lipinski definition) is 4. The highest BCUT2D eigenvalue weighted by molar-refractivity contribution is 9.10. The standard InChI is InChI=1S/C16H22BrNO4S/c1-10(23-9-11-7-5-6-8-12(11)17)13(14(19)20)18-15(21)22-16(2,3)4/h5-8,10,13H,9H2,1-4H3,(H,18,21)(H,19,20)/t10?,13-/m0/s1. The summed E-state index contributed by atoms with van der Waals surface area (Å²) in [5.41, 5.74) is 0.407. The lowest BCUT2D eigenvalue weighted by Gasteiger charge is -2.24. The average Bonchev–Trinajstić information content (AvgIpc) is 2.41. The molecule has 23 heavy (non-hydrogen) atoms. The molecule has 5 nitrogen and oxygen atoms in total. The quantitative estimate of drug-likeness (QED) is 0.748. The first-order valence-corrected chi connectivity index (χ1v) is 9.01. The van der Waals surface area contributed by atoms with Gasteiger partial charge in [0.2, 0.25) is 0 Å². The number of benzene rings is 1. The first-order valence-electron chi connectivity index (χ1n) is 7.17. The van der Waals surface area contributed by atoms with Crippen LogP contribution in [-0.4, -0.2) is 34.1 Å². The van der Waals surface area contributed by atoms with Gasteiger partial charge < -0.3 is 15.2 Å². The number of carbonyl (C=O) groups excluding carboxylic acids is 1. The molecule has 0 aliphatic heterocycles. The van der Waals surface area contributed by atoms with Crippen molar-refractivity contribution in [1.29, 1.82) is 0 Å². The summed E-state index contributed by atoms with van der Waals surface area (Å²) in [5, 5.41) is 11.5. The van der Waals surface area contributed by atoms with Crippen molar-refractivity contribution < 1.29 is 19.4 Å². The first-order chi connectivity index (χ1) is 10.6. The highest BCUT2D eigenvalue weighted by Crippen LogP contribution is 2.25. The molecule has 0 aliphatic rings. The molecule has 1 amide bonds. The molecule has 1 unspecified atom stereocenters. The Bertz CT molecular complexity index is 559. The van der Waals surface area contributed by atoms with Crippen molar-refractivity contribution in [3.8, 4) is 0 Å². The zero-order chi connectivity index (χ0) is 17.6. The minimum Gasteiger partial charge on any atom is -0.480 e. The van der Waals surface area contributed by atoms with Gasteiger partial charge in [-0.25, -0.2) is 9.59 Å². The van der Waals surface area contributed by atoms with Crippen LogP contribution in [0.15, 0.2) is 28.7 Å². The zero-order valence-corrected chi connectivity index (χ0v) is 16.0. The van der Waals surface area contributed by atoms with Gasteiger partial charge in [0, 0.05) is 15.5 Å². The van der Waals surface area contributed by atoms with Gasteiger partial charge in [0.1, 0.15) is 11.6 Å². The van der Waals surface area contributed by atoms with Gasteiger partial charge in [-0.2, -0.15) is 11.8 Å². The van der Waals surface area contributed by atoms with Crippen molar-refractivity contribution in [2.45, 2.75) is 50.3 Å². The largest absolute Gasteiger partial charge is 0.480 e. The van der Waals surface area contributed by atoms with Gasteiger partial charge in [0.25, 0.3) is 0 Å². The lowest BCUT2D eigenvalue weighted by Crippen LogP contribution is -2.48. The third-order valence-corrected chi connectivity index (χ3v) is 4.92. The summed E-state index contributed by atoms with van der Waals surface area (Å²) in [6.07, 6.45) is -0.724. The fraction of sp³-hybridized carbons (Fsp3) is 0.500. The number of aliphatic carboxylic acids is 1. The molecule has 1 aromatic carbocycles. The Labute approximate surface area is 149 Å². The number of hydrogen-bond donors (Lipinski definition) is 2. The van der Waals surface area contributed by atoms with Crippen LogP contribution in [0.3, 0.4) is 0 Å². The molecule has 7 heteroatoms. The molecule has 0 bridgehead atoms. The summed E-state index contributed by atoms with van der Waals surface area (Å²) in [6, 6.07) is 6.75. The molecule has 0 spiro atoms. The Morgan fingerprint density at radius 2 is 1.96 bits per heavy atom. The molecular formula is C16H22BrNO4S. The molecule has 2 N–H and O–H groups in total. The lowest BCUT2D eigenvalue weighted by molar-refractivity contribution is -0.139. The molecular weight excluding hydrogens is 382 g/mol. The number of amides is 1. The van der Waals surface area contributed by atoms with Crippen molar-refractivity contribution in [1.82, 2.24) is 5.32 Å². The smallest absolute Gasteiger partial charge is 0.408 e. The molecule has 0 fully saturated rings. The van der Waals surface area contributed by atoms with Crippen LogP contribution in [0.4, 0.5) is 4.79 Å². The number of carboxylic acids is 1. The predicted molar refractivity (Wildman–Crippen MR) is 95.7 cm³/mol. The minimum atomic E-state index is -1.08. The lowest BCUT2D eigenvalue weighted by atomic mass is 10.2. The van der Waals surface area contributed by atoms with Crippen molar-refractivity contribution in [3.05, 3.63) is 34.3 Å². The van der Waals surface area contributed by atoms with Crippen LogP contribution in [0.5, 0.6) is 0 Å². The molecule has 128 valence electrons. The van der Waals surface area contributed by atoms with Crippen molar-refractivity contribution >= 4 is 39.8 Å². The van der Waals surface area contributed by atoms with Gasteiger partial charge in [-0.3, -0.25) is 0 Å². The van der Waals surface area contributed by atoms with Crippen molar-refractivity contribution in [2.75, 3.05) is 0 Å².